The van der Waals surface area contributed by atoms with Crippen molar-refractivity contribution >= 4 is 5.97 Å². The van der Waals surface area contributed by atoms with E-state index in [1.165, 1.54) is 0 Å². The fraction of sp³-hybridized carbons (Fsp3) is 0.889. The molecule has 3 heteroatoms. The largest absolute Gasteiger partial charge is 0.481 e. The van der Waals surface area contributed by atoms with Gasteiger partial charge in [0.2, 0.25) is 0 Å². The Balaban J connectivity index is 4.02. The smallest absolute Gasteiger partial charge is 0.309 e. The van der Waals surface area contributed by atoms with E-state index in [9.17, 15) is 9.90 Å². The van der Waals surface area contributed by atoms with Crippen molar-refractivity contribution in [3.8, 4) is 0 Å². The predicted octanol–water partition coefficient (Wildman–Crippen LogP) is 1.50. The molecule has 0 spiro atoms. The van der Waals surface area contributed by atoms with Crippen molar-refractivity contribution in [1.29, 1.82) is 0 Å². The van der Waals surface area contributed by atoms with E-state index >= 15 is 0 Å². The van der Waals surface area contributed by atoms with Crippen molar-refractivity contribution in [2.45, 2.75) is 39.7 Å². The number of hydrogen-bond donors (Lipinski definition) is 2. The minimum absolute atomic E-state index is 0.341. The first-order valence-corrected chi connectivity index (χ1v) is 4.39. The van der Waals surface area contributed by atoms with E-state index in [1.54, 1.807) is 6.92 Å². The molecule has 0 aliphatic rings. The second-order valence-electron chi connectivity index (χ2n) is 3.55. The SMILES string of the molecule is CCC(C(=O)O)C(O)CC(C)C. The zero-order valence-corrected chi connectivity index (χ0v) is 7.95. The Bertz CT molecular complexity index is 143. The zero-order chi connectivity index (χ0) is 9.72. The van der Waals surface area contributed by atoms with Crippen LogP contribution in [0.2, 0.25) is 0 Å². The second-order valence-corrected chi connectivity index (χ2v) is 3.55. The summed E-state index contributed by atoms with van der Waals surface area (Å²) in [6, 6.07) is 0. The molecule has 0 heterocycles. The van der Waals surface area contributed by atoms with Crippen LogP contribution in [0.15, 0.2) is 0 Å². The summed E-state index contributed by atoms with van der Waals surface area (Å²) in [5.74, 6) is -1.16. The Hall–Kier alpha value is -0.570. The molecule has 0 aliphatic carbocycles. The van der Waals surface area contributed by atoms with E-state index < -0.39 is 18.0 Å². The molecule has 0 fully saturated rings. The molecular formula is C9H18O3. The molecule has 3 nitrogen and oxygen atoms in total. The van der Waals surface area contributed by atoms with Gasteiger partial charge in [0.25, 0.3) is 0 Å². The van der Waals surface area contributed by atoms with Crippen LogP contribution in [-0.4, -0.2) is 22.3 Å². The number of carboxylic acids is 1. The van der Waals surface area contributed by atoms with E-state index in [1.807, 2.05) is 13.8 Å². The Morgan fingerprint density at radius 1 is 1.42 bits per heavy atom. The summed E-state index contributed by atoms with van der Waals surface area (Å²) in [6.45, 7) is 5.72. The van der Waals surface area contributed by atoms with Gasteiger partial charge in [-0.3, -0.25) is 4.79 Å². The van der Waals surface area contributed by atoms with E-state index in [4.69, 9.17) is 5.11 Å². The Morgan fingerprint density at radius 2 is 1.92 bits per heavy atom. The van der Waals surface area contributed by atoms with Crippen LogP contribution in [0.3, 0.4) is 0 Å². The molecule has 2 unspecified atom stereocenters. The van der Waals surface area contributed by atoms with Crippen molar-refractivity contribution in [3.05, 3.63) is 0 Å². The van der Waals surface area contributed by atoms with Crippen molar-refractivity contribution in [2.75, 3.05) is 0 Å². The molecule has 0 rings (SSSR count). The van der Waals surface area contributed by atoms with Gasteiger partial charge in [0.05, 0.1) is 12.0 Å². The molecule has 0 saturated carbocycles. The van der Waals surface area contributed by atoms with E-state index in [-0.39, 0.29) is 0 Å². The lowest BCUT2D eigenvalue weighted by molar-refractivity contribution is -0.146. The maximum Gasteiger partial charge on any atom is 0.309 e. The van der Waals surface area contributed by atoms with Gasteiger partial charge in [-0.05, 0) is 18.8 Å². The molecule has 0 radical (unpaired) electrons. The summed E-state index contributed by atoms with van der Waals surface area (Å²) in [4.78, 5) is 10.6. The summed E-state index contributed by atoms with van der Waals surface area (Å²) in [6.07, 6.45) is 0.348. The van der Waals surface area contributed by atoms with Crippen LogP contribution in [-0.2, 0) is 4.79 Å². The number of rotatable bonds is 5. The van der Waals surface area contributed by atoms with Crippen LogP contribution in [0.5, 0.6) is 0 Å². The standard InChI is InChI=1S/C9H18O3/c1-4-7(9(11)12)8(10)5-6(2)3/h6-8,10H,4-5H2,1-3H3,(H,11,12). The van der Waals surface area contributed by atoms with Crippen molar-refractivity contribution in [2.24, 2.45) is 11.8 Å². The molecule has 12 heavy (non-hydrogen) atoms. The highest BCUT2D eigenvalue weighted by Crippen LogP contribution is 2.16. The topological polar surface area (TPSA) is 57.5 Å². The highest BCUT2D eigenvalue weighted by molar-refractivity contribution is 5.70. The highest BCUT2D eigenvalue weighted by atomic mass is 16.4. The first-order chi connectivity index (χ1) is 5.49. The molecule has 72 valence electrons. The van der Waals surface area contributed by atoms with Gasteiger partial charge in [0.1, 0.15) is 0 Å². The second kappa shape index (κ2) is 5.14. The molecular weight excluding hydrogens is 156 g/mol. The normalized spacial score (nSPS) is 16.1. The molecule has 0 aromatic rings. The van der Waals surface area contributed by atoms with Gasteiger partial charge in [0.15, 0.2) is 0 Å². The van der Waals surface area contributed by atoms with Gasteiger partial charge in [0, 0.05) is 0 Å². The summed E-state index contributed by atoms with van der Waals surface area (Å²) in [5.41, 5.74) is 0. The Kier molecular flexibility index (Phi) is 4.90. The minimum atomic E-state index is -0.898. The fourth-order valence-corrected chi connectivity index (χ4v) is 1.26. The third kappa shape index (κ3) is 3.72. The van der Waals surface area contributed by atoms with E-state index in [0.717, 1.165) is 0 Å². The minimum Gasteiger partial charge on any atom is -0.481 e. The maximum absolute atomic E-state index is 10.6. The Labute approximate surface area is 73.4 Å². The van der Waals surface area contributed by atoms with Crippen molar-refractivity contribution < 1.29 is 15.0 Å². The number of aliphatic hydroxyl groups excluding tert-OH is 1. The number of aliphatic hydroxyl groups is 1. The monoisotopic (exact) mass is 174 g/mol. The highest BCUT2D eigenvalue weighted by Gasteiger charge is 2.24. The average molecular weight is 174 g/mol. The van der Waals surface area contributed by atoms with Crippen molar-refractivity contribution in [1.82, 2.24) is 0 Å². The Morgan fingerprint density at radius 3 is 2.17 bits per heavy atom. The van der Waals surface area contributed by atoms with E-state index in [0.29, 0.717) is 18.8 Å². The summed E-state index contributed by atoms with van der Waals surface area (Å²) in [7, 11) is 0. The molecule has 0 aromatic carbocycles. The third-order valence-corrected chi connectivity index (χ3v) is 1.93. The summed E-state index contributed by atoms with van der Waals surface area (Å²) >= 11 is 0. The molecule has 0 aromatic heterocycles. The summed E-state index contributed by atoms with van der Waals surface area (Å²) < 4.78 is 0. The first-order valence-electron chi connectivity index (χ1n) is 4.39. The third-order valence-electron chi connectivity index (χ3n) is 1.93. The molecule has 0 bridgehead atoms. The van der Waals surface area contributed by atoms with Crippen molar-refractivity contribution in [3.63, 3.8) is 0 Å². The van der Waals surface area contributed by atoms with Gasteiger partial charge >= 0.3 is 5.97 Å². The molecule has 2 atom stereocenters. The molecule has 0 aliphatic heterocycles. The van der Waals surface area contributed by atoms with Crippen LogP contribution in [0.1, 0.15) is 33.6 Å². The van der Waals surface area contributed by atoms with Gasteiger partial charge in [-0.1, -0.05) is 20.8 Å². The van der Waals surface area contributed by atoms with Gasteiger partial charge in [-0.2, -0.15) is 0 Å². The molecule has 0 saturated heterocycles. The van der Waals surface area contributed by atoms with Crippen LogP contribution in [0, 0.1) is 11.8 Å². The van der Waals surface area contributed by atoms with Gasteiger partial charge < -0.3 is 10.2 Å². The fourth-order valence-electron chi connectivity index (χ4n) is 1.26. The van der Waals surface area contributed by atoms with Crippen LogP contribution in [0.25, 0.3) is 0 Å². The summed E-state index contributed by atoms with van der Waals surface area (Å²) in [5, 5.41) is 18.2. The lowest BCUT2D eigenvalue weighted by Gasteiger charge is -2.18. The van der Waals surface area contributed by atoms with Gasteiger partial charge in [-0.15, -0.1) is 0 Å². The molecule has 0 amide bonds. The average Bonchev–Trinajstić information content (AvgIpc) is 1.85. The number of carbonyl (C=O) groups is 1. The lowest BCUT2D eigenvalue weighted by Crippen LogP contribution is -2.28. The number of hydrogen-bond acceptors (Lipinski definition) is 2. The quantitative estimate of drug-likeness (QED) is 0.664. The first kappa shape index (κ1) is 11.4. The van der Waals surface area contributed by atoms with Crippen LogP contribution < -0.4 is 0 Å². The predicted molar refractivity (Wildman–Crippen MR) is 46.9 cm³/mol. The lowest BCUT2D eigenvalue weighted by atomic mass is 9.93. The number of aliphatic carboxylic acids is 1. The van der Waals surface area contributed by atoms with Crippen LogP contribution >= 0.6 is 0 Å². The molecule has 2 N–H and O–H groups in total. The van der Waals surface area contributed by atoms with Gasteiger partial charge in [-0.25, -0.2) is 0 Å². The van der Waals surface area contributed by atoms with Crippen LogP contribution in [0.4, 0.5) is 0 Å². The number of carboxylic acid groups (broad SMARTS) is 1. The van der Waals surface area contributed by atoms with E-state index in [2.05, 4.69) is 0 Å². The zero-order valence-electron chi connectivity index (χ0n) is 7.95. The maximum atomic E-state index is 10.6.